The minimum absolute atomic E-state index is 0.117. The van der Waals surface area contributed by atoms with Crippen LogP contribution in [0.3, 0.4) is 0 Å². The SMILES string of the molecule is NC1CCC(C(C2CCC(N)C(O)C2)(C(F)(F)F)C(F)(F)F)CC1O. The lowest BCUT2D eigenvalue weighted by Gasteiger charge is -2.52. The molecule has 2 aliphatic carbocycles. The fourth-order valence-electron chi connectivity index (χ4n) is 4.59. The van der Waals surface area contributed by atoms with E-state index >= 15 is 0 Å². The summed E-state index contributed by atoms with van der Waals surface area (Å²) in [5.41, 5.74) is 7.12. The molecule has 25 heavy (non-hydrogen) atoms. The van der Waals surface area contributed by atoms with Crippen LogP contribution in [0.5, 0.6) is 0 Å². The lowest BCUT2D eigenvalue weighted by Crippen LogP contribution is -2.63. The van der Waals surface area contributed by atoms with Crippen molar-refractivity contribution in [2.24, 2.45) is 28.7 Å². The van der Waals surface area contributed by atoms with Crippen molar-refractivity contribution in [1.29, 1.82) is 0 Å². The van der Waals surface area contributed by atoms with Crippen LogP contribution in [0.2, 0.25) is 0 Å². The van der Waals surface area contributed by atoms with Gasteiger partial charge in [0, 0.05) is 12.1 Å². The molecule has 2 fully saturated rings. The number of alkyl halides is 6. The smallest absolute Gasteiger partial charge is 0.392 e. The lowest BCUT2D eigenvalue weighted by molar-refractivity contribution is -0.384. The van der Waals surface area contributed by atoms with Crippen LogP contribution in [-0.2, 0) is 0 Å². The number of hydrogen-bond acceptors (Lipinski definition) is 4. The Morgan fingerprint density at radius 1 is 0.640 bits per heavy atom. The monoisotopic (exact) mass is 378 g/mol. The number of hydrogen-bond donors (Lipinski definition) is 4. The minimum atomic E-state index is -5.57. The zero-order chi connectivity index (χ0) is 19.2. The van der Waals surface area contributed by atoms with E-state index in [-0.39, 0.29) is 25.7 Å². The van der Waals surface area contributed by atoms with Crippen molar-refractivity contribution >= 4 is 0 Å². The summed E-state index contributed by atoms with van der Waals surface area (Å²) < 4.78 is 83.7. The van der Waals surface area contributed by atoms with Gasteiger partial charge >= 0.3 is 12.4 Å². The molecule has 2 rings (SSSR count). The third kappa shape index (κ3) is 3.50. The standard InChI is InChI=1S/C15H24F6N2O2/c16-14(17,18)13(15(19,20)21,7-1-3-9(22)11(24)5-7)8-2-4-10(23)12(25)6-8/h7-12,24-25H,1-6,22-23H2. The Kier molecular flexibility index (Phi) is 5.69. The van der Waals surface area contributed by atoms with E-state index in [0.29, 0.717) is 0 Å². The summed E-state index contributed by atoms with van der Waals surface area (Å²) in [4.78, 5) is 0. The molecule has 0 saturated heterocycles. The second-order valence-electron chi connectivity index (χ2n) is 7.35. The van der Waals surface area contributed by atoms with Crippen molar-refractivity contribution in [3.05, 3.63) is 0 Å². The molecular formula is C15H24F6N2O2. The maximum Gasteiger partial charge on any atom is 0.403 e. The van der Waals surface area contributed by atoms with Gasteiger partial charge in [-0.05, 0) is 50.4 Å². The summed E-state index contributed by atoms with van der Waals surface area (Å²) in [6.45, 7) is 0. The molecule has 2 aliphatic rings. The van der Waals surface area contributed by atoms with Crippen LogP contribution in [0, 0.1) is 17.3 Å². The summed E-state index contributed by atoms with van der Waals surface area (Å²) >= 11 is 0. The van der Waals surface area contributed by atoms with Crippen LogP contribution in [-0.4, -0.2) is 46.9 Å². The largest absolute Gasteiger partial charge is 0.403 e. The predicted molar refractivity (Wildman–Crippen MR) is 77.2 cm³/mol. The first-order valence-corrected chi connectivity index (χ1v) is 8.33. The first kappa shape index (κ1) is 20.7. The Labute approximate surface area is 141 Å². The number of aliphatic hydroxyl groups excluding tert-OH is 2. The van der Waals surface area contributed by atoms with E-state index in [1.165, 1.54) is 0 Å². The first-order valence-electron chi connectivity index (χ1n) is 8.33. The van der Waals surface area contributed by atoms with Crippen molar-refractivity contribution in [2.45, 2.75) is 75.2 Å². The highest BCUT2D eigenvalue weighted by Crippen LogP contribution is 2.64. The lowest BCUT2D eigenvalue weighted by atomic mass is 9.56. The van der Waals surface area contributed by atoms with Gasteiger partial charge in [-0.25, -0.2) is 0 Å². The zero-order valence-electron chi connectivity index (χ0n) is 13.5. The quantitative estimate of drug-likeness (QED) is 0.554. The molecule has 148 valence electrons. The van der Waals surface area contributed by atoms with Gasteiger partial charge in [-0.15, -0.1) is 0 Å². The molecule has 6 N–H and O–H groups in total. The summed E-state index contributed by atoms with van der Waals surface area (Å²) in [5.74, 6) is -3.68. The molecule has 6 unspecified atom stereocenters. The Morgan fingerprint density at radius 3 is 1.20 bits per heavy atom. The van der Waals surface area contributed by atoms with Crippen molar-refractivity contribution in [1.82, 2.24) is 0 Å². The molecule has 0 heterocycles. The summed E-state index contributed by atoms with van der Waals surface area (Å²) in [6, 6.07) is -1.67. The second kappa shape index (κ2) is 6.86. The highest BCUT2D eigenvalue weighted by Gasteiger charge is 2.76. The van der Waals surface area contributed by atoms with Gasteiger partial charge in [0.2, 0.25) is 0 Å². The number of halogens is 6. The number of aliphatic hydroxyl groups is 2. The van der Waals surface area contributed by atoms with Crippen LogP contribution in [0.15, 0.2) is 0 Å². The summed E-state index contributed by atoms with van der Waals surface area (Å²) in [5, 5.41) is 19.6. The van der Waals surface area contributed by atoms with E-state index in [1.807, 2.05) is 0 Å². The fraction of sp³-hybridized carbons (Fsp3) is 1.00. The number of nitrogens with two attached hydrogens (primary N) is 2. The topological polar surface area (TPSA) is 92.5 Å². The summed E-state index contributed by atoms with van der Waals surface area (Å²) in [6.07, 6.45) is -16.3. The minimum Gasteiger partial charge on any atom is -0.392 e. The molecule has 0 aliphatic heterocycles. The number of rotatable bonds is 2. The van der Waals surface area contributed by atoms with Gasteiger partial charge in [0.15, 0.2) is 5.41 Å². The highest BCUT2D eigenvalue weighted by atomic mass is 19.4. The van der Waals surface area contributed by atoms with Crippen LogP contribution in [0.4, 0.5) is 26.3 Å². The molecule has 0 radical (unpaired) electrons. The molecule has 6 atom stereocenters. The first-order chi connectivity index (χ1) is 11.3. The van der Waals surface area contributed by atoms with Gasteiger partial charge in [0.05, 0.1) is 12.2 Å². The molecule has 0 aromatic heterocycles. The fourth-order valence-corrected chi connectivity index (χ4v) is 4.59. The average Bonchev–Trinajstić information content (AvgIpc) is 2.44. The van der Waals surface area contributed by atoms with Gasteiger partial charge in [-0.1, -0.05) is 0 Å². The molecule has 0 amide bonds. The van der Waals surface area contributed by atoms with E-state index in [1.54, 1.807) is 0 Å². The van der Waals surface area contributed by atoms with Gasteiger partial charge in [-0.3, -0.25) is 0 Å². The predicted octanol–water partition coefficient (Wildman–Crippen LogP) is 2.07. The third-order valence-electron chi connectivity index (χ3n) is 5.96. The van der Waals surface area contributed by atoms with Crippen molar-refractivity contribution in [3.8, 4) is 0 Å². The molecule has 0 spiro atoms. The molecule has 2 saturated carbocycles. The van der Waals surface area contributed by atoms with Crippen LogP contribution < -0.4 is 11.5 Å². The van der Waals surface area contributed by atoms with Gasteiger partial charge in [0.25, 0.3) is 0 Å². The molecule has 0 aromatic rings. The van der Waals surface area contributed by atoms with E-state index in [2.05, 4.69) is 0 Å². The van der Waals surface area contributed by atoms with Crippen molar-refractivity contribution in [3.63, 3.8) is 0 Å². The van der Waals surface area contributed by atoms with E-state index in [0.717, 1.165) is 0 Å². The van der Waals surface area contributed by atoms with E-state index in [4.69, 9.17) is 11.5 Å². The van der Waals surface area contributed by atoms with Crippen molar-refractivity contribution in [2.75, 3.05) is 0 Å². The zero-order valence-corrected chi connectivity index (χ0v) is 13.5. The maximum atomic E-state index is 13.9. The summed E-state index contributed by atoms with van der Waals surface area (Å²) in [7, 11) is 0. The van der Waals surface area contributed by atoms with Gasteiger partial charge in [-0.2, -0.15) is 26.3 Å². The second-order valence-corrected chi connectivity index (χ2v) is 7.35. The Morgan fingerprint density at radius 2 is 0.960 bits per heavy atom. The maximum absolute atomic E-state index is 13.9. The third-order valence-corrected chi connectivity index (χ3v) is 5.96. The Bertz CT molecular complexity index is 428. The Hall–Kier alpha value is -0.580. The molecular weight excluding hydrogens is 354 g/mol. The van der Waals surface area contributed by atoms with Gasteiger partial charge < -0.3 is 21.7 Å². The van der Waals surface area contributed by atoms with Crippen LogP contribution >= 0.6 is 0 Å². The average molecular weight is 378 g/mol. The molecule has 0 bridgehead atoms. The molecule has 0 aromatic carbocycles. The van der Waals surface area contributed by atoms with Crippen LogP contribution in [0.1, 0.15) is 38.5 Å². The van der Waals surface area contributed by atoms with Crippen LogP contribution in [0.25, 0.3) is 0 Å². The Balaban J connectivity index is 2.50. The van der Waals surface area contributed by atoms with E-state index < -0.39 is 66.7 Å². The molecule has 4 nitrogen and oxygen atoms in total. The normalized spacial score (nSPS) is 38.6. The molecule has 10 heteroatoms. The van der Waals surface area contributed by atoms with E-state index in [9.17, 15) is 36.6 Å². The highest BCUT2D eigenvalue weighted by molar-refractivity contribution is 5.07. The van der Waals surface area contributed by atoms with Gasteiger partial charge in [0.1, 0.15) is 0 Å². The van der Waals surface area contributed by atoms with Crippen molar-refractivity contribution < 1.29 is 36.6 Å².